The minimum Gasteiger partial charge on any atom is -0.350 e. The molecule has 4 nitrogen and oxygen atoms in total. The summed E-state index contributed by atoms with van der Waals surface area (Å²) in [7, 11) is 0. The first-order valence-electron chi connectivity index (χ1n) is 8.91. The molecule has 0 amide bonds. The third-order valence-corrected chi connectivity index (χ3v) is 4.14. The Bertz CT molecular complexity index is 987. The van der Waals surface area contributed by atoms with E-state index in [2.05, 4.69) is 39.9 Å². The SMILES string of the molecule is c1ccc(CNc2nc(Nc3ccccc3)cc(-c3ccccc3)n2)cc1. The van der Waals surface area contributed by atoms with E-state index in [1.807, 2.05) is 72.8 Å². The second kappa shape index (κ2) is 8.15. The van der Waals surface area contributed by atoms with Gasteiger partial charge in [-0.25, -0.2) is 4.98 Å². The van der Waals surface area contributed by atoms with E-state index in [0.29, 0.717) is 12.5 Å². The quantitative estimate of drug-likeness (QED) is 0.481. The average Bonchev–Trinajstić information content (AvgIpc) is 2.74. The van der Waals surface area contributed by atoms with Crippen LogP contribution in [0.5, 0.6) is 0 Å². The molecule has 0 spiro atoms. The van der Waals surface area contributed by atoms with Crippen LogP contribution in [0.3, 0.4) is 0 Å². The fourth-order valence-electron chi connectivity index (χ4n) is 2.79. The number of para-hydroxylation sites is 1. The first-order chi connectivity index (χ1) is 13.4. The summed E-state index contributed by atoms with van der Waals surface area (Å²) in [6.07, 6.45) is 0. The van der Waals surface area contributed by atoms with E-state index >= 15 is 0 Å². The minimum atomic E-state index is 0.596. The fourth-order valence-corrected chi connectivity index (χ4v) is 2.79. The smallest absolute Gasteiger partial charge is 0.225 e. The maximum Gasteiger partial charge on any atom is 0.225 e. The summed E-state index contributed by atoms with van der Waals surface area (Å²) in [5.41, 5.74) is 4.10. The number of benzene rings is 3. The van der Waals surface area contributed by atoms with Gasteiger partial charge in [0.05, 0.1) is 5.69 Å². The monoisotopic (exact) mass is 352 g/mol. The first kappa shape index (κ1) is 16.8. The first-order valence-corrected chi connectivity index (χ1v) is 8.91. The highest BCUT2D eigenvalue weighted by molar-refractivity contribution is 5.67. The molecule has 0 radical (unpaired) electrons. The zero-order valence-electron chi connectivity index (χ0n) is 14.8. The van der Waals surface area contributed by atoms with Gasteiger partial charge in [0, 0.05) is 23.9 Å². The molecule has 0 aliphatic heterocycles. The predicted octanol–water partition coefficient (Wildman–Crippen LogP) is 5.50. The van der Waals surface area contributed by atoms with Gasteiger partial charge in [-0.15, -0.1) is 0 Å². The van der Waals surface area contributed by atoms with Gasteiger partial charge >= 0.3 is 0 Å². The number of rotatable bonds is 6. The largest absolute Gasteiger partial charge is 0.350 e. The lowest BCUT2D eigenvalue weighted by Gasteiger charge is -2.11. The van der Waals surface area contributed by atoms with Crippen LogP contribution in [0.4, 0.5) is 17.5 Å². The molecule has 132 valence electrons. The lowest BCUT2D eigenvalue weighted by atomic mass is 10.1. The van der Waals surface area contributed by atoms with Gasteiger partial charge in [0.15, 0.2) is 0 Å². The molecule has 0 saturated heterocycles. The molecular weight excluding hydrogens is 332 g/mol. The molecule has 4 rings (SSSR count). The van der Waals surface area contributed by atoms with Gasteiger partial charge in [0.1, 0.15) is 5.82 Å². The van der Waals surface area contributed by atoms with Crippen LogP contribution in [0.2, 0.25) is 0 Å². The van der Waals surface area contributed by atoms with E-state index in [9.17, 15) is 0 Å². The Morgan fingerprint density at radius 2 is 1.30 bits per heavy atom. The molecule has 1 aromatic heterocycles. The van der Waals surface area contributed by atoms with Crippen LogP contribution in [-0.2, 0) is 6.54 Å². The van der Waals surface area contributed by atoms with Gasteiger partial charge in [-0.1, -0.05) is 78.9 Å². The standard InChI is InChI=1S/C23H20N4/c1-4-10-18(11-5-1)17-24-23-26-21(19-12-6-2-7-13-19)16-22(27-23)25-20-14-8-3-9-15-20/h1-16H,17H2,(H2,24,25,26,27). The second-order valence-electron chi connectivity index (χ2n) is 6.16. The van der Waals surface area contributed by atoms with Crippen LogP contribution < -0.4 is 10.6 Å². The molecule has 0 bridgehead atoms. The number of nitrogens with zero attached hydrogens (tertiary/aromatic N) is 2. The number of hydrogen-bond acceptors (Lipinski definition) is 4. The molecule has 0 saturated carbocycles. The van der Waals surface area contributed by atoms with Crippen molar-refractivity contribution in [2.75, 3.05) is 10.6 Å². The van der Waals surface area contributed by atoms with Crippen molar-refractivity contribution in [1.82, 2.24) is 9.97 Å². The Hall–Kier alpha value is -3.66. The summed E-state index contributed by atoms with van der Waals surface area (Å²) in [6, 6.07) is 32.3. The van der Waals surface area contributed by atoms with Crippen LogP contribution in [0.15, 0.2) is 97.1 Å². The van der Waals surface area contributed by atoms with E-state index in [-0.39, 0.29) is 0 Å². The van der Waals surface area contributed by atoms with E-state index < -0.39 is 0 Å². The molecule has 2 N–H and O–H groups in total. The molecule has 0 atom stereocenters. The van der Waals surface area contributed by atoms with Crippen molar-refractivity contribution in [2.24, 2.45) is 0 Å². The Balaban J connectivity index is 1.63. The fraction of sp³-hybridized carbons (Fsp3) is 0.0435. The summed E-state index contributed by atoms with van der Waals surface area (Å²) in [4.78, 5) is 9.33. The Labute approximate surface area is 159 Å². The van der Waals surface area contributed by atoms with Crippen molar-refractivity contribution in [3.63, 3.8) is 0 Å². The topological polar surface area (TPSA) is 49.8 Å². The van der Waals surface area contributed by atoms with Gasteiger partial charge in [0.2, 0.25) is 5.95 Å². The third-order valence-electron chi connectivity index (χ3n) is 4.14. The molecule has 1 heterocycles. The van der Waals surface area contributed by atoms with E-state index in [1.54, 1.807) is 0 Å². The molecule has 4 heteroatoms. The molecular formula is C23H20N4. The maximum absolute atomic E-state index is 4.70. The van der Waals surface area contributed by atoms with Crippen molar-refractivity contribution < 1.29 is 0 Å². The molecule has 4 aromatic rings. The summed E-state index contributed by atoms with van der Waals surface area (Å²) in [5, 5.41) is 6.70. The lowest BCUT2D eigenvalue weighted by Crippen LogP contribution is -2.06. The van der Waals surface area contributed by atoms with Crippen LogP contribution in [0.25, 0.3) is 11.3 Å². The van der Waals surface area contributed by atoms with Gasteiger partial charge in [-0.3, -0.25) is 0 Å². The van der Waals surface area contributed by atoms with Crippen molar-refractivity contribution >= 4 is 17.5 Å². The van der Waals surface area contributed by atoms with E-state index in [0.717, 1.165) is 22.8 Å². The Kier molecular flexibility index (Phi) is 5.07. The summed E-state index contributed by atoms with van der Waals surface area (Å²) >= 11 is 0. The van der Waals surface area contributed by atoms with Gasteiger partial charge in [-0.05, 0) is 17.7 Å². The number of anilines is 3. The van der Waals surface area contributed by atoms with Gasteiger partial charge < -0.3 is 10.6 Å². The molecule has 0 unspecified atom stereocenters. The average molecular weight is 352 g/mol. The second-order valence-corrected chi connectivity index (χ2v) is 6.16. The van der Waals surface area contributed by atoms with Gasteiger partial charge in [0.25, 0.3) is 0 Å². The van der Waals surface area contributed by atoms with Crippen molar-refractivity contribution in [2.45, 2.75) is 6.54 Å². The molecule has 3 aromatic carbocycles. The van der Waals surface area contributed by atoms with Crippen molar-refractivity contribution in [3.8, 4) is 11.3 Å². The molecule has 0 fully saturated rings. The highest BCUT2D eigenvalue weighted by Gasteiger charge is 2.07. The van der Waals surface area contributed by atoms with Crippen molar-refractivity contribution in [1.29, 1.82) is 0 Å². The maximum atomic E-state index is 4.70. The summed E-state index contributed by atoms with van der Waals surface area (Å²) < 4.78 is 0. The zero-order valence-corrected chi connectivity index (χ0v) is 14.8. The van der Waals surface area contributed by atoms with E-state index in [4.69, 9.17) is 4.98 Å². The predicted molar refractivity (Wildman–Crippen MR) is 111 cm³/mol. The Morgan fingerprint density at radius 1 is 0.667 bits per heavy atom. The summed E-state index contributed by atoms with van der Waals surface area (Å²) in [5.74, 6) is 1.35. The lowest BCUT2D eigenvalue weighted by molar-refractivity contribution is 1.06. The molecule has 0 aliphatic rings. The number of hydrogen-bond donors (Lipinski definition) is 2. The van der Waals surface area contributed by atoms with Crippen LogP contribution in [0, 0.1) is 0 Å². The molecule has 27 heavy (non-hydrogen) atoms. The normalized spacial score (nSPS) is 10.4. The molecule has 0 aliphatic carbocycles. The van der Waals surface area contributed by atoms with Crippen molar-refractivity contribution in [3.05, 3.63) is 103 Å². The number of nitrogens with one attached hydrogen (secondary N) is 2. The van der Waals surface area contributed by atoms with Crippen LogP contribution >= 0.6 is 0 Å². The minimum absolute atomic E-state index is 0.596. The van der Waals surface area contributed by atoms with E-state index in [1.165, 1.54) is 5.56 Å². The zero-order chi connectivity index (χ0) is 18.3. The van der Waals surface area contributed by atoms with Crippen LogP contribution in [-0.4, -0.2) is 9.97 Å². The number of aromatic nitrogens is 2. The highest BCUT2D eigenvalue weighted by atomic mass is 15.1. The highest BCUT2D eigenvalue weighted by Crippen LogP contribution is 2.23. The van der Waals surface area contributed by atoms with Crippen LogP contribution in [0.1, 0.15) is 5.56 Å². The summed E-state index contributed by atoms with van der Waals surface area (Å²) in [6.45, 7) is 0.670. The van der Waals surface area contributed by atoms with Gasteiger partial charge in [-0.2, -0.15) is 4.98 Å². The Morgan fingerprint density at radius 3 is 2.00 bits per heavy atom. The third kappa shape index (κ3) is 4.50.